The van der Waals surface area contributed by atoms with Gasteiger partial charge in [-0.05, 0) is 30.5 Å². The molecule has 0 aliphatic carbocycles. The number of carbonyl (C=O) groups is 1. The highest BCUT2D eigenvalue weighted by Gasteiger charge is 2.19. The van der Waals surface area contributed by atoms with Gasteiger partial charge in [-0.15, -0.1) is 0 Å². The van der Waals surface area contributed by atoms with Crippen molar-refractivity contribution in [1.29, 1.82) is 0 Å². The fourth-order valence-corrected chi connectivity index (χ4v) is 2.02. The quantitative estimate of drug-likeness (QED) is 0.694. The van der Waals surface area contributed by atoms with E-state index >= 15 is 0 Å². The zero-order chi connectivity index (χ0) is 10.8. The summed E-state index contributed by atoms with van der Waals surface area (Å²) in [4.78, 5) is 12.7. The summed E-state index contributed by atoms with van der Waals surface area (Å²) in [7, 11) is 0. The molecule has 1 fully saturated rings. The minimum Gasteiger partial charge on any atom is -0.371 e. The molecule has 15 heavy (non-hydrogen) atoms. The predicted octanol–water partition coefficient (Wildman–Crippen LogP) is 2.48. The summed E-state index contributed by atoms with van der Waals surface area (Å²) < 4.78 is 13.2. The van der Waals surface area contributed by atoms with E-state index in [1.807, 2.05) is 0 Å². The minimum absolute atomic E-state index is 0.339. The average molecular weight is 207 g/mol. The highest BCUT2D eigenvalue weighted by atomic mass is 19.1. The summed E-state index contributed by atoms with van der Waals surface area (Å²) in [5, 5.41) is 0. The molecule has 2 nitrogen and oxygen atoms in total. The van der Waals surface area contributed by atoms with Crippen molar-refractivity contribution in [2.75, 3.05) is 18.0 Å². The molecule has 1 aliphatic rings. The van der Waals surface area contributed by atoms with Gasteiger partial charge in [-0.25, -0.2) is 4.39 Å². The van der Waals surface area contributed by atoms with Gasteiger partial charge in [0.1, 0.15) is 12.1 Å². The van der Waals surface area contributed by atoms with Crippen molar-refractivity contribution >= 4 is 12.0 Å². The number of hydrogen-bond donors (Lipinski definition) is 0. The molecule has 2 rings (SSSR count). The van der Waals surface area contributed by atoms with Crippen LogP contribution in [0.25, 0.3) is 0 Å². The van der Waals surface area contributed by atoms with Crippen molar-refractivity contribution < 1.29 is 9.18 Å². The molecule has 0 amide bonds. The van der Waals surface area contributed by atoms with E-state index in [-0.39, 0.29) is 5.82 Å². The number of anilines is 1. The first-order chi connectivity index (χ1) is 7.19. The van der Waals surface area contributed by atoms with Gasteiger partial charge < -0.3 is 4.90 Å². The molecule has 3 heteroatoms. The molecular weight excluding hydrogens is 193 g/mol. The summed E-state index contributed by atoms with van der Waals surface area (Å²) in [6.45, 7) is 4.07. The maximum atomic E-state index is 13.2. The Bertz CT molecular complexity index is 378. The summed E-state index contributed by atoms with van der Waals surface area (Å²) in [5.41, 5.74) is 1.23. The van der Waals surface area contributed by atoms with Crippen molar-refractivity contribution in [1.82, 2.24) is 0 Å². The molecule has 0 radical (unpaired) electrons. The van der Waals surface area contributed by atoms with Gasteiger partial charge in [0.15, 0.2) is 0 Å². The van der Waals surface area contributed by atoms with Crippen LogP contribution in [0.15, 0.2) is 18.2 Å². The Balaban J connectivity index is 2.27. The minimum atomic E-state index is -0.339. The Morgan fingerprint density at radius 1 is 1.47 bits per heavy atom. The number of nitrogens with zero attached hydrogens (tertiary/aromatic N) is 1. The molecule has 0 spiro atoms. The van der Waals surface area contributed by atoms with Gasteiger partial charge in [0.05, 0.1) is 0 Å². The molecule has 80 valence electrons. The maximum absolute atomic E-state index is 13.2. The first-order valence-corrected chi connectivity index (χ1v) is 5.20. The second-order valence-electron chi connectivity index (χ2n) is 4.20. The van der Waals surface area contributed by atoms with E-state index in [2.05, 4.69) is 11.8 Å². The molecule has 1 unspecified atom stereocenters. The molecule has 0 bridgehead atoms. The van der Waals surface area contributed by atoms with E-state index in [1.54, 1.807) is 6.07 Å². The highest BCUT2D eigenvalue weighted by molar-refractivity contribution is 5.77. The van der Waals surface area contributed by atoms with E-state index in [4.69, 9.17) is 0 Å². The Morgan fingerprint density at radius 2 is 2.27 bits per heavy atom. The molecule has 1 aromatic carbocycles. The number of halogens is 1. The smallest absolute Gasteiger partial charge is 0.150 e. The number of hydrogen-bond acceptors (Lipinski definition) is 2. The largest absolute Gasteiger partial charge is 0.371 e. The van der Waals surface area contributed by atoms with E-state index in [0.29, 0.717) is 17.8 Å². The molecule has 1 aromatic rings. The maximum Gasteiger partial charge on any atom is 0.150 e. The van der Waals surface area contributed by atoms with Crippen LogP contribution in [0.1, 0.15) is 23.7 Å². The van der Waals surface area contributed by atoms with Crippen LogP contribution in [0.4, 0.5) is 10.1 Å². The highest BCUT2D eigenvalue weighted by Crippen LogP contribution is 2.24. The zero-order valence-corrected chi connectivity index (χ0v) is 8.74. The first kappa shape index (κ1) is 10.1. The van der Waals surface area contributed by atoms with Gasteiger partial charge >= 0.3 is 0 Å². The Morgan fingerprint density at radius 3 is 2.87 bits per heavy atom. The zero-order valence-electron chi connectivity index (χ0n) is 8.74. The summed E-state index contributed by atoms with van der Waals surface area (Å²) in [5.74, 6) is 0.308. The van der Waals surface area contributed by atoms with Crippen LogP contribution in [0.2, 0.25) is 0 Å². The lowest BCUT2D eigenvalue weighted by molar-refractivity contribution is 0.112. The average Bonchev–Trinajstić information content (AvgIpc) is 2.64. The van der Waals surface area contributed by atoms with Crippen molar-refractivity contribution in [3.8, 4) is 0 Å². The normalized spacial score (nSPS) is 20.7. The lowest BCUT2D eigenvalue weighted by Gasteiger charge is -2.18. The van der Waals surface area contributed by atoms with Gasteiger partial charge in [0.2, 0.25) is 0 Å². The Labute approximate surface area is 88.7 Å². The van der Waals surface area contributed by atoms with Gasteiger partial charge in [0, 0.05) is 24.3 Å². The third kappa shape index (κ3) is 2.17. The lowest BCUT2D eigenvalue weighted by atomic mass is 10.2. The third-order valence-corrected chi connectivity index (χ3v) is 2.83. The van der Waals surface area contributed by atoms with Gasteiger partial charge in [-0.2, -0.15) is 0 Å². The Kier molecular flexibility index (Phi) is 2.71. The van der Waals surface area contributed by atoms with E-state index in [9.17, 15) is 9.18 Å². The lowest BCUT2D eigenvalue weighted by Crippen LogP contribution is -2.19. The van der Waals surface area contributed by atoms with Gasteiger partial charge in [0.25, 0.3) is 0 Å². The van der Waals surface area contributed by atoms with E-state index in [1.165, 1.54) is 12.1 Å². The number of aldehydes is 1. The van der Waals surface area contributed by atoms with Crippen LogP contribution in [0.3, 0.4) is 0 Å². The number of benzene rings is 1. The molecule has 1 atom stereocenters. The van der Waals surface area contributed by atoms with E-state index < -0.39 is 0 Å². The first-order valence-electron chi connectivity index (χ1n) is 5.20. The summed E-state index contributed by atoms with van der Waals surface area (Å²) >= 11 is 0. The molecule has 1 aliphatic heterocycles. The summed E-state index contributed by atoms with van der Waals surface area (Å²) in [6, 6.07) is 4.50. The second-order valence-corrected chi connectivity index (χ2v) is 4.20. The van der Waals surface area contributed by atoms with Crippen LogP contribution < -0.4 is 4.90 Å². The fourth-order valence-electron chi connectivity index (χ4n) is 2.02. The molecule has 1 saturated heterocycles. The third-order valence-electron chi connectivity index (χ3n) is 2.83. The SMILES string of the molecule is CC1CCN(c2cc(F)cc(C=O)c2)C1. The molecule has 0 N–H and O–H groups in total. The van der Waals surface area contributed by atoms with Crippen molar-refractivity contribution in [2.24, 2.45) is 5.92 Å². The fraction of sp³-hybridized carbons (Fsp3) is 0.417. The van der Waals surface area contributed by atoms with Crippen LogP contribution >= 0.6 is 0 Å². The predicted molar refractivity (Wildman–Crippen MR) is 57.8 cm³/mol. The van der Waals surface area contributed by atoms with E-state index in [0.717, 1.165) is 25.2 Å². The molecule has 0 saturated carbocycles. The molecule has 1 heterocycles. The Hall–Kier alpha value is -1.38. The topological polar surface area (TPSA) is 20.3 Å². The van der Waals surface area contributed by atoms with Gasteiger partial charge in [-0.1, -0.05) is 6.92 Å². The molecular formula is C12H14FNO. The summed E-state index contributed by atoms with van der Waals surface area (Å²) in [6.07, 6.45) is 1.82. The number of rotatable bonds is 2. The standard InChI is InChI=1S/C12H14FNO/c1-9-2-3-14(7-9)12-5-10(8-15)4-11(13)6-12/h4-6,8-9H,2-3,7H2,1H3. The van der Waals surface area contributed by atoms with Gasteiger partial charge in [-0.3, -0.25) is 4.79 Å². The van der Waals surface area contributed by atoms with Crippen molar-refractivity contribution in [3.05, 3.63) is 29.6 Å². The van der Waals surface area contributed by atoms with Crippen LogP contribution in [0, 0.1) is 11.7 Å². The monoisotopic (exact) mass is 207 g/mol. The number of carbonyl (C=O) groups excluding carboxylic acids is 1. The van der Waals surface area contributed by atoms with Crippen LogP contribution in [-0.4, -0.2) is 19.4 Å². The van der Waals surface area contributed by atoms with Crippen molar-refractivity contribution in [3.63, 3.8) is 0 Å². The van der Waals surface area contributed by atoms with Crippen LogP contribution in [0.5, 0.6) is 0 Å². The van der Waals surface area contributed by atoms with Crippen molar-refractivity contribution in [2.45, 2.75) is 13.3 Å². The second kappa shape index (κ2) is 4.01. The molecule has 0 aromatic heterocycles. The van der Waals surface area contributed by atoms with Crippen LogP contribution in [-0.2, 0) is 0 Å².